The second-order valence-electron chi connectivity index (χ2n) is 4.69. The molecular weight excluding hydrogens is 341 g/mol. The molecule has 0 aliphatic heterocycles. The van der Waals surface area contributed by atoms with Crippen molar-refractivity contribution in [1.29, 1.82) is 0 Å². The van der Waals surface area contributed by atoms with Crippen LogP contribution in [0.25, 0.3) is 11.5 Å². The fourth-order valence-electron chi connectivity index (χ4n) is 1.89. The molecule has 0 radical (unpaired) electrons. The van der Waals surface area contributed by atoms with Gasteiger partial charge in [0.15, 0.2) is 0 Å². The van der Waals surface area contributed by atoms with E-state index in [0.717, 1.165) is 5.56 Å². The fourth-order valence-corrected chi connectivity index (χ4v) is 2.61. The summed E-state index contributed by atoms with van der Waals surface area (Å²) in [6, 6.07) is 12.0. The number of nitrogens with zero attached hydrogens (tertiary/aromatic N) is 2. The third-order valence-electron chi connectivity index (χ3n) is 3.01. The van der Waals surface area contributed by atoms with Crippen LogP contribution < -0.4 is 4.74 Å². The average molecular weight is 352 g/mol. The van der Waals surface area contributed by atoms with Gasteiger partial charge in [0.05, 0.1) is 0 Å². The van der Waals surface area contributed by atoms with E-state index in [4.69, 9.17) is 4.42 Å². The highest BCUT2D eigenvalue weighted by Gasteiger charge is 2.10. The highest BCUT2D eigenvalue weighted by Crippen LogP contribution is 2.27. The lowest BCUT2D eigenvalue weighted by atomic mass is 10.2. The summed E-state index contributed by atoms with van der Waals surface area (Å²) in [5.74, 6) is 0.603. The van der Waals surface area contributed by atoms with Crippen molar-refractivity contribution >= 4 is 11.8 Å². The van der Waals surface area contributed by atoms with Gasteiger partial charge in [-0.2, -0.15) is 8.78 Å². The largest absolute Gasteiger partial charge is 0.435 e. The summed E-state index contributed by atoms with van der Waals surface area (Å²) in [5, 5.41) is 8.20. The Balaban J connectivity index is 1.63. The molecular formula is C16H11F3N2O2S. The Labute approximate surface area is 139 Å². The van der Waals surface area contributed by atoms with E-state index in [2.05, 4.69) is 14.9 Å². The molecule has 3 rings (SSSR count). The minimum absolute atomic E-state index is 0.0548. The molecule has 0 spiro atoms. The number of alkyl halides is 2. The van der Waals surface area contributed by atoms with E-state index in [-0.39, 0.29) is 17.5 Å². The van der Waals surface area contributed by atoms with Crippen LogP contribution in [0.2, 0.25) is 0 Å². The lowest BCUT2D eigenvalue weighted by Gasteiger charge is -2.03. The number of hydrogen-bond donors (Lipinski definition) is 0. The zero-order chi connectivity index (χ0) is 16.9. The number of thioether (sulfide) groups is 1. The number of aromatic nitrogens is 2. The van der Waals surface area contributed by atoms with Gasteiger partial charge >= 0.3 is 6.61 Å². The molecule has 24 heavy (non-hydrogen) atoms. The molecule has 4 nitrogen and oxygen atoms in total. The first-order valence-corrected chi connectivity index (χ1v) is 7.85. The van der Waals surface area contributed by atoms with Gasteiger partial charge in [0.25, 0.3) is 5.22 Å². The molecule has 0 saturated heterocycles. The van der Waals surface area contributed by atoms with E-state index in [1.54, 1.807) is 24.3 Å². The maximum Gasteiger partial charge on any atom is 0.387 e. The predicted molar refractivity (Wildman–Crippen MR) is 82.3 cm³/mol. The Morgan fingerprint density at radius 2 is 1.71 bits per heavy atom. The van der Waals surface area contributed by atoms with E-state index in [1.165, 1.54) is 36.0 Å². The Morgan fingerprint density at radius 1 is 1.00 bits per heavy atom. The van der Waals surface area contributed by atoms with Crippen LogP contribution >= 0.6 is 11.8 Å². The number of hydrogen-bond acceptors (Lipinski definition) is 5. The molecule has 124 valence electrons. The second-order valence-corrected chi connectivity index (χ2v) is 5.62. The van der Waals surface area contributed by atoms with Crippen LogP contribution in [0.3, 0.4) is 0 Å². The van der Waals surface area contributed by atoms with E-state index in [1.807, 2.05) is 0 Å². The van der Waals surface area contributed by atoms with Crippen LogP contribution in [0, 0.1) is 5.82 Å². The van der Waals surface area contributed by atoms with Gasteiger partial charge in [0, 0.05) is 11.3 Å². The van der Waals surface area contributed by atoms with Crippen LogP contribution in [-0.4, -0.2) is 16.8 Å². The first kappa shape index (κ1) is 16.4. The zero-order valence-electron chi connectivity index (χ0n) is 12.2. The Hall–Kier alpha value is -2.48. The lowest BCUT2D eigenvalue weighted by Crippen LogP contribution is -2.01. The molecule has 8 heteroatoms. The minimum atomic E-state index is -2.87. The number of rotatable bonds is 6. The van der Waals surface area contributed by atoms with E-state index in [0.29, 0.717) is 16.5 Å². The summed E-state index contributed by atoms with van der Waals surface area (Å²) in [7, 11) is 0. The van der Waals surface area contributed by atoms with Crippen LogP contribution in [-0.2, 0) is 5.75 Å². The van der Waals surface area contributed by atoms with Gasteiger partial charge in [-0.3, -0.25) is 0 Å². The Kier molecular flexibility index (Phi) is 5.05. The molecule has 0 amide bonds. The standard InChI is InChI=1S/C16H11F3N2O2S/c17-12-5-1-10(2-6-12)9-24-16-21-20-14(23-16)11-3-7-13(8-4-11)22-15(18)19/h1-8,15H,9H2. The molecule has 0 bridgehead atoms. The van der Waals surface area contributed by atoms with Crippen LogP contribution in [0.5, 0.6) is 5.75 Å². The number of ether oxygens (including phenoxy) is 1. The van der Waals surface area contributed by atoms with Crippen molar-refractivity contribution in [3.8, 4) is 17.2 Å². The first-order valence-electron chi connectivity index (χ1n) is 6.86. The highest BCUT2D eigenvalue weighted by atomic mass is 32.2. The third kappa shape index (κ3) is 4.29. The molecule has 0 N–H and O–H groups in total. The maximum atomic E-state index is 12.8. The van der Waals surface area contributed by atoms with Crippen LogP contribution in [0.4, 0.5) is 13.2 Å². The van der Waals surface area contributed by atoms with Gasteiger partial charge in [0.2, 0.25) is 5.89 Å². The average Bonchev–Trinajstić information content (AvgIpc) is 3.03. The van der Waals surface area contributed by atoms with Crippen LogP contribution in [0.1, 0.15) is 5.56 Å². The quantitative estimate of drug-likeness (QED) is 0.598. The van der Waals surface area contributed by atoms with Crippen molar-refractivity contribution in [3.05, 3.63) is 59.9 Å². The van der Waals surface area contributed by atoms with Gasteiger partial charge < -0.3 is 9.15 Å². The third-order valence-corrected chi connectivity index (χ3v) is 3.90. The van der Waals surface area contributed by atoms with Crippen molar-refractivity contribution in [3.63, 3.8) is 0 Å². The Morgan fingerprint density at radius 3 is 2.38 bits per heavy atom. The van der Waals surface area contributed by atoms with E-state index < -0.39 is 6.61 Å². The van der Waals surface area contributed by atoms with Gasteiger partial charge in [-0.1, -0.05) is 23.9 Å². The van der Waals surface area contributed by atoms with Gasteiger partial charge in [-0.15, -0.1) is 10.2 Å². The molecule has 1 aromatic heterocycles. The molecule has 0 saturated carbocycles. The summed E-state index contributed by atoms with van der Waals surface area (Å²) < 4.78 is 46.8. The topological polar surface area (TPSA) is 48.2 Å². The molecule has 0 unspecified atom stereocenters. The highest BCUT2D eigenvalue weighted by molar-refractivity contribution is 7.98. The van der Waals surface area contributed by atoms with E-state index >= 15 is 0 Å². The molecule has 3 aromatic rings. The first-order chi connectivity index (χ1) is 11.6. The SMILES string of the molecule is Fc1ccc(CSc2nnc(-c3ccc(OC(F)F)cc3)o2)cc1. The lowest BCUT2D eigenvalue weighted by molar-refractivity contribution is -0.0498. The van der Waals surface area contributed by atoms with Gasteiger partial charge in [-0.05, 0) is 42.0 Å². The summed E-state index contributed by atoms with van der Waals surface area (Å²) in [6.07, 6.45) is 0. The Bertz CT molecular complexity index is 792. The fraction of sp³-hybridized carbons (Fsp3) is 0.125. The van der Waals surface area contributed by atoms with Crippen molar-refractivity contribution in [2.24, 2.45) is 0 Å². The molecule has 0 fully saturated rings. The summed E-state index contributed by atoms with van der Waals surface area (Å²) in [5.41, 5.74) is 1.52. The van der Waals surface area contributed by atoms with Crippen molar-refractivity contribution < 1.29 is 22.3 Å². The summed E-state index contributed by atoms with van der Waals surface area (Å²) >= 11 is 1.32. The van der Waals surface area contributed by atoms with Crippen molar-refractivity contribution in [1.82, 2.24) is 10.2 Å². The predicted octanol–water partition coefficient (Wildman–Crippen LogP) is 4.77. The molecule has 0 atom stereocenters. The maximum absolute atomic E-state index is 12.8. The smallest absolute Gasteiger partial charge is 0.387 e. The van der Waals surface area contributed by atoms with Crippen molar-refractivity contribution in [2.45, 2.75) is 17.6 Å². The van der Waals surface area contributed by atoms with E-state index in [9.17, 15) is 13.2 Å². The molecule has 2 aromatic carbocycles. The molecule has 1 heterocycles. The normalized spacial score (nSPS) is 11.0. The minimum Gasteiger partial charge on any atom is -0.435 e. The molecule has 0 aliphatic rings. The zero-order valence-corrected chi connectivity index (χ0v) is 13.0. The van der Waals surface area contributed by atoms with Gasteiger partial charge in [0.1, 0.15) is 11.6 Å². The van der Waals surface area contributed by atoms with Crippen LogP contribution in [0.15, 0.2) is 58.2 Å². The number of benzene rings is 2. The summed E-state index contributed by atoms with van der Waals surface area (Å²) in [4.78, 5) is 0. The van der Waals surface area contributed by atoms with Crippen molar-refractivity contribution in [2.75, 3.05) is 0 Å². The second kappa shape index (κ2) is 7.39. The van der Waals surface area contributed by atoms with Gasteiger partial charge in [-0.25, -0.2) is 4.39 Å². The monoisotopic (exact) mass is 352 g/mol. The number of halogens is 3. The molecule has 0 aliphatic carbocycles. The summed E-state index contributed by atoms with van der Waals surface area (Å²) in [6.45, 7) is -2.87.